The minimum absolute atomic E-state index is 0.0665. The lowest BCUT2D eigenvalue weighted by Gasteiger charge is -2.32. The molecule has 0 N–H and O–H groups in total. The molecule has 1 aliphatic rings. The van der Waals surface area contributed by atoms with Gasteiger partial charge in [-0.15, -0.1) is 5.10 Å². The van der Waals surface area contributed by atoms with Gasteiger partial charge in [-0.2, -0.15) is 0 Å². The number of carbonyl (C=O) groups excluding carboxylic acids is 1. The van der Waals surface area contributed by atoms with Crippen LogP contribution in [0, 0.1) is 6.92 Å². The second kappa shape index (κ2) is 6.51. The summed E-state index contributed by atoms with van der Waals surface area (Å²) in [6.07, 6.45) is 9.26. The molecule has 0 radical (unpaired) electrons. The fraction of sp³-hybridized carbons (Fsp3) is 0.333. The van der Waals surface area contributed by atoms with Gasteiger partial charge >= 0.3 is 0 Å². The normalized spacial score (nSPS) is 17.6. The SMILES string of the molecule is Cc1ccc(-n2cc(C(=O)N3CCCC(n4ccnc4)C3)nn2)cc1. The number of imidazole rings is 1. The van der Waals surface area contributed by atoms with Crippen molar-refractivity contribution in [3.05, 3.63) is 60.4 Å². The number of aromatic nitrogens is 5. The number of benzene rings is 1. The molecule has 1 unspecified atom stereocenters. The van der Waals surface area contributed by atoms with Crippen LogP contribution in [-0.4, -0.2) is 48.4 Å². The summed E-state index contributed by atoms with van der Waals surface area (Å²) >= 11 is 0. The van der Waals surface area contributed by atoms with Crippen LogP contribution in [0.3, 0.4) is 0 Å². The Morgan fingerprint density at radius 3 is 2.84 bits per heavy atom. The topological polar surface area (TPSA) is 68.8 Å². The molecule has 2 aromatic heterocycles. The van der Waals surface area contributed by atoms with Crippen molar-refractivity contribution in [2.24, 2.45) is 0 Å². The number of nitrogens with zero attached hydrogens (tertiary/aromatic N) is 6. The van der Waals surface area contributed by atoms with Gasteiger partial charge in [0.2, 0.25) is 0 Å². The third-order valence-corrected chi connectivity index (χ3v) is 4.64. The van der Waals surface area contributed by atoms with Gasteiger partial charge in [-0.05, 0) is 31.9 Å². The van der Waals surface area contributed by atoms with Crippen molar-refractivity contribution in [3.8, 4) is 5.69 Å². The molecule has 1 aliphatic heterocycles. The van der Waals surface area contributed by atoms with Crippen LogP contribution < -0.4 is 0 Å². The lowest BCUT2D eigenvalue weighted by atomic mass is 10.1. The number of likely N-dealkylation sites (tertiary alicyclic amines) is 1. The summed E-state index contributed by atoms with van der Waals surface area (Å²) in [5, 5.41) is 8.19. The number of piperidine rings is 1. The number of hydrogen-bond acceptors (Lipinski definition) is 4. The Kier molecular flexibility index (Phi) is 4.05. The van der Waals surface area contributed by atoms with Gasteiger partial charge < -0.3 is 9.47 Å². The Labute approximate surface area is 145 Å². The summed E-state index contributed by atoms with van der Waals surface area (Å²) in [7, 11) is 0. The monoisotopic (exact) mass is 336 g/mol. The zero-order valence-corrected chi connectivity index (χ0v) is 14.1. The molecule has 0 saturated carbocycles. The maximum absolute atomic E-state index is 12.8. The molecule has 3 heterocycles. The highest BCUT2D eigenvalue weighted by atomic mass is 16.2. The van der Waals surface area contributed by atoms with E-state index < -0.39 is 0 Å². The highest BCUT2D eigenvalue weighted by Gasteiger charge is 2.26. The molecule has 0 bridgehead atoms. The summed E-state index contributed by atoms with van der Waals surface area (Å²) in [6, 6.07) is 8.23. The van der Waals surface area contributed by atoms with Crippen molar-refractivity contribution < 1.29 is 4.79 Å². The lowest BCUT2D eigenvalue weighted by molar-refractivity contribution is 0.0673. The van der Waals surface area contributed by atoms with E-state index in [0.29, 0.717) is 12.2 Å². The molecule has 128 valence electrons. The maximum atomic E-state index is 12.8. The Balaban J connectivity index is 1.50. The van der Waals surface area contributed by atoms with E-state index in [1.165, 1.54) is 5.56 Å². The van der Waals surface area contributed by atoms with Gasteiger partial charge in [-0.3, -0.25) is 4.79 Å². The predicted octanol–water partition coefficient (Wildman–Crippen LogP) is 2.25. The molecule has 25 heavy (non-hydrogen) atoms. The fourth-order valence-corrected chi connectivity index (χ4v) is 3.22. The average molecular weight is 336 g/mol. The standard InChI is InChI=1S/C18H20N6O/c1-14-4-6-15(7-5-14)24-12-17(20-21-24)18(25)22-9-2-3-16(11-22)23-10-8-19-13-23/h4-8,10,12-13,16H,2-3,9,11H2,1H3. The highest BCUT2D eigenvalue weighted by Crippen LogP contribution is 2.22. The van der Waals surface area contributed by atoms with Gasteiger partial charge in [-0.1, -0.05) is 22.9 Å². The average Bonchev–Trinajstić information content (AvgIpc) is 3.34. The van der Waals surface area contributed by atoms with E-state index >= 15 is 0 Å². The summed E-state index contributed by atoms with van der Waals surface area (Å²) in [5.41, 5.74) is 2.46. The Bertz CT molecular complexity index is 852. The zero-order valence-electron chi connectivity index (χ0n) is 14.1. The molecule has 1 aromatic carbocycles. The van der Waals surface area contributed by atoms with Crippen molar-refractivity contribution in [1.82, 2.24) is 29.4 Å². The highest BCUT2D eigenvalue weighted by molar-refractivity contribution is 5.92. The van der Waals surface area contributed by atoms with Crippen molar-refractivity contribution >= 4 is 5.91 Å². The van der Waals surface area contributed by atoms with E-state index in [1.54, 1.807) is 17.1 Å². The van der Waals surface area contributed by atoms with Crippen LogP contribution in [0.15, 0.2) is 49.2 Å². The fourth-order valence-electron chi connectivity index (χ4n) is 3.22. The van der Waals surface area contributed by atoms with E-state index in [1.807, 2.05) is 48.6 Å². The largest absolute Gasteiger partial charge is 0.335 e. The molecule has 7 nitrogen and oxygen atoms in total. The van der Waals surface area contributed by atoms with Crippen molar-refractivity contribution in [1.29, 1.82) is 0 Å². The van der Waals surface area contributed by atoms with Crippen LogP contribution in [0.25, 0.3) is 5.69 Å². The third kappa shape index (κ3) is 3.17. The summed E-state index contributed by atoms with van der Waals surface area (Å²) in [5.74, 6) is -0.0665. The van der Waals surface area contributed by atoms with Gasteiger partial charge in [0, 0.05) is 25.5 Å². The van der Waals surface area contributed by atoms with Crippen LogP contribution in [0.2, 0.25) is 0 Å². The molecule has 0 spiro atoms. The first-order valence-electron chi connectivity index (χ1n) is 8.47. The molecule has 4 rings (SSSR count). The summed E-state index contributed by atoms with van der Waals surface area (Å²) in [6.45, 7) is 3.46. The van der Waals surface area contributed by atoms with Gasteiger partial charge in [0.05, 0.1) is 24.3 Å². The molecule has 1 atom stereocenters. The number of hydrogen-bond donors (Lipinski definition) is 0. The van der Waals surface area contributed by atoms with E-state index in [4.69, 9.17) is 0 Å². The van der Waals surface area contributed by atoms with Crippen molar-refractivity contribution in [3.63, 3.8) is 0 Å². The lowest BCUT2D eigenvalue weighted by Crippen LogP contribution is -2.40. The minimum Gasteiger partial charge on any atom is -0.335 e. The smallest absolute Gasteiger partial charge is 0.276 e. The van der Waals surface area contributed by atoms with E-state index in [2.05, 4.69) is 19.9 Å². The first-order valence-corrected chi connectivity index (χ1v) is 8.47. The van der Waals surface area contributed by atoms with Gasteiger partial charge in [0.15, 0.2) is 5.69 Å². The molecule has 3 aromatic rings. The minimum atomic E-state index is -0.0665. The zero-order chi connectivity index (χ0) is 17.2. The van der Waals surface area contributed by atoms with E-state index in [9.17, 15) is 4.79 Å². The Morgan fingerprint density at radius 2 is 2.08 bits per heavy atom. The van der Waals surface area contributed by atoms with Crippen LogP contribution in [0.4, 0.5) is 0 Å². The second-order valence-electron chi connectivity index (χ2n) is 6.44. The molecular weight excluding hydrogens is 316 g/mol. The Morgan fingerprint density at radius 1 is 1.24 bits per heavy atom. The molecular formula is C18H20N6O. The molecule has 7 heteroatoms. The first kappa shape index (κ1) is 15.6. The quantitative estimate of drug-likeness (QED) is 0.736. The second-order valence-corrected chi connectivity index (χ2v) is 6.44. The summed E-state index contributed by atoms with van der Waals surface area (Å²) in [4.78, 5) is 18.8. The van der Waals surface area contributed by atoms with E-state index in [0.717, 1.165) is 25.1 Å². The number of rotatable bonds is 3. The molecule has 1 amide bonds. The van der Waals surface area contributed by atoms with Crippen LogP contribution in [-0.2, 0) is 0 Å². The number of carbonyl (C=O) groups is 1. The first-order chi connectivity index (χ1) is 12.2. The third-order valence-electron chi connectivity index (χ3n) is 4.64. The number of amides is 1. The molecule has 1 saturated heterocycles. The number of aryl methyl sites for hydroxylation is 1. The van der Waals surface area contributed by atoms with Crippen LogP contribution in [0.1, 0.15) is 34.9 Å². The van der Waals surface area contributed by atoms with Crippen LogP contribution in [0.5, 0.6) is 0 Å². The predicted molar refractivity (Wildman–Crippen MR) is 92.5 cm³/mol. The van der Waals surface area contributed by atoms with Gasteiger partial charge in [0.25, 0.3) is 5.91 Å². The van der Waals surface area contributed by atoms with Crippen molar-refractivity contribution in [2.75, 3.05) is 13.1 Å². The molecule has 0 aliphatic carbocycles. The Hall–Kier alpha value is -2.96. The van der Waals surface area contributed by atoms with Crippen LogP contribution >= 0.6 is 0 Å². The molecule has 1 fully saturated rings. The summed E-state index contributed by atoms with van der Waals surface area (Å²) < 4.78 is 3.71. The van der Waals surface area contributed by atoms with Crippen molar-refractivity contribution in [2.45, 2.75) is 25.8 Å². The van der Waals surface area contributed by atoms with Gasteiger partial charge in [0.1, 0.15) is 0 Å². The maximum Gasteiger partial charge on any atom is 0.276 e. The van der Waals surface area contributed by atoms with Gasteiger partial charge in [-0.25, -0.2) is 9.67 Å². The van der Waals surface area contributed by atoms with E-state index in [-0.39, 0.29) is 11.9 Å².